The topological polar surface area (TPSA) is 35.5 Å². The highest BCUT2D eigenvalue weighted by Gasteiger charge is 2.19. The highest BCUT2D eigenvalue weighted by Crippen LogP contribution is 2.32. The van der Waals surface area contributed by atoms with Crippen LogP contribution >= 0.6 is 0 Å². The van der Waals surface area contributed by atoms with Gasteiger partial charge in [0.15, 0.2) is 17.3 Å². The number of halogens is 2. The summed E-state index contributed by atoms with van der Waals surface area (Å²) in [7, 11) is 2.83. The van der Waals surface area contributed by atoms with Crippen LogP contribution in [0, 0.1) is 11.6 Å². The summed E-state index contributed by atoms with van der Waals surface area (Å²) in [6.45, 7) is 0. The normalized spacial score (nSPS) is 10.2. The van der Waals surface area contributed by atoms with Crippen molar-refractivity contribution in [3.8, 4) is 11.5 Å². The van der Waals surface area contributed by atoms with Crippen LogP contribution in [-0.2, 0) is 0 Å². The van der Waals surface area contributed by atoms with E-state index in [2.05, 4.69) is 0 Å². The Morgan fingerprint density at radius 1 is 1.00 bits per heavy atom. The Morgan fingerprint density at radius 3 is 2.20 bits per heavy atom. The number of carbonyl (C=O) groups excluding carboxylic acids is 1. The van der Waals surface area contributed by atoms with Crippen LogP contribution in [-0.4, -0.2) is 20.0 Å². The van der Waals surface area contributed by atoms with E-state index in [0.29, 0.717) is 11.8 Å². The molecule has 2 aromatic rings. The van der Waals surface area contributed by atoms with Crippen molar-refractivity contribution in [3.63, 3.8) is 0 Å². The summed E-state index contributed by atoms with van der Waals surface area (Å²) in [5.41, 5.74) is 0.0888. The van der Waals surface area contributed by atoms with Gasteiger partial charge in [0.1, 0.15) is 11.6 Å². The third kappa shape index (κ3) is 2.61. The number of ether oxygens (including phenoxy) is 2. The molecule has 0 atom stereocenters. The zero-order valence-corrected chi connectivity index (χ0v) is 10.9. The molecule has 104 valence electrons. The summed E-state index contributed by atoms with van der Waals surface area (Å²) in [6, 6.07) is 7.40. The van der Waals surface area contributed by atoms with Gasteiger partial charge in [0, 0.05) is 11.6 Å². The molecule has 0 aliphatic heterocycles. The lowest BCUT2D eigenvalue weighted by Gasteiger charge is -2.11. The zero-order chi connectivity index (χ0) is 14.7. The van der Waals surface area contributed by atoms with Crippen LogP contribution in [0.4, 0.5) is 8.78 Å². The van der Waals surface area contributed by atoms with E-state index in [1.54, 1.807) is 12.1 Å². The fraction of sp³-hybridized carbons (Fsp3) is 0.133. The molecule has 0 saturated carbocycles. The van der Waals surface area contributed by atoms with E-state index in [4.69, 9.17) is 9.47 Å². The Balaban J connectivity index is 2.53. The van der Waals surface area contributed by atoms with Crippen LogP contribution in [0.1, 0.15) is 15.9 Å². The van der Waals surface area contributed by atoms with Crippen molar-refractivity contribution < 1.29 is 23.0 Å². The van der Waals surface area contributed by atoms with Crippen molar-refractivity contribution >= 4 is 5.78 Å². The van der Waals surface area contributed by atoms with E-state index in [-0.39, 0.29) is 16.9 Å². The van der Waals surface area contributed by atoms with Gasteiger partial charge in [-0.15, -0.1) is 0 Å². The molecule has 0 unspecified atom stereocenters. The molecule has 0 N–H and O–H groups in total. The van der Waals surface area contributed by atoms with Gasteiger partial charge in [0.25, 0.3) is 0 Å². The number of carbonyl (C=O) groups is 1. The van der Waals surface area contributed by atoms with Crippen molar-refractivity contribution in [1.29, 1.82) is 0 Å². The van der Waals surface area contributed by atoms with Gasteiger partial charge in [0.05, 0.1) is 19.8 Å². The Labute approximate surface area is 114 Å². The summed E-state index contributed by atoms with van der Waals surface area (Å²) < 4.78 is 36.6. The Hall–Kier alpha value is -2.43. The summed E-state index contributed by atoms with van der Waals surface area (Å²) in [4.78, 5) is 12.3. The highest BCUT2D eigenvalue weighted by atomic mass is 19.1. The third-order valence-corrected chi connectivity index (χ3v) is 2.77. The van der Waals surface area contributed by atoms with Crippen LogP contribution < -0.4 is 9.47 Å². The minimum absolute atomic E-state index is 0.0888. The van der Waals surface area contributed by atoms with Gasteiger partial charge < -0.3 is 9.47 Å². The molecule has 5 heteroatoms. The van der Waals surface area contributed by atoms with E-state index in [1.165, 1.54) is 20.3 Å². The van der Waals surface area contributed by atoms with Gasteiger partial charge in [-0.1, -0.05) is 6.07 Å². The van der Waals surface area contributed by atoms with E-state index >= 15 is 0 Å². The van der Waals surface area contributed by atoms with E-state index < -0.39 is 17.4 Å². The number of hydrogen-bond donors (Lipinski definition) is 0. The SMILES string of the molecule is COc1cccc(C(=O)c2cc(F)cc(F)c2)c1OC. The second-order valence-electron chi connectivity index (χ2n) is 4.03. The van der Waals surface area contributed by atoms with E-state index in [9.17, 15) is 13.6 Å². The first kappa shape index (κ1) is 14.0. The van der Waals surface area contributed by atoms with Gasteiger partial charge in [-0.25, -0.2) is 8.78 Å². The maximum Gasteiger partial charge on any atom is 0.197 e. The number of benzene rings is 2. The van der Waals surface area contributed by atoms with E-state index in [0.717, 1.165) is 12.1 Å². The van der Waals surface area contributed by atoms with Gasteiger partial charge in [-0.2, -0.15) is 0 Å². The summed E-state index contributed by atoms with van der Waals surface area (Å²) in [6.07, 6.45) is 0. The second kappa shape index (κ2) is 5.69. The summed E-state index contributed by atoms with van der Waals surface area (Å²) in [5.74, 6) is -1.57. The smallest absolute Gasteiger partial charge is 0.197 e. The molecule has 20 heavy (non-hydrogen) atoms. The first-order valence-corrected chi connectivity index (χ1v) is 5.78. The van der Waals surface area contributed by atoms with Crippen molar-refractivity contribution in [3.05, 3.63) is 59.2 Å². The molecule has 0 fully saturated rings. The van der Waals surface area contributed by atoms with Gasteiger partial charge in [-0.05, 0) is 24.3 Å². The first-order chi connectivity index (χ1) is 9.56. The quantitative estimate of drug-likeness (QED) is 0.806. The number of rotatable bonds is 4. The number of para-hydroxylation sites is 1. The molecule has 2 rings (SSSR count). The standard InChI is InChI=1S/C15H12F2O3/c1-19-13-5-3-4-12(15(13)20-2)14(18)9-6-10(16)8-11(17)7-9/h3-8H,1-2H3. The molecule has 0 radical (unpaired) electrons. The summed E-state index contributed by atoms with van der Waals surface area (Å²) >= 11 is 0. The lowest BCUT2D eigenvalue weighted by molar-refractivity contribution is 0.103. The monoisotopic (exact) mass is 278 g/mol. The van der Waals surface area contributed by atoms with Crippen molar-refractivity contribution in [2.24, 2.45) is 0 Å². The van der Waals surface area contributed by atoms with Crippen LogP contribution in [0.15, 0.2) is 36.4 Å². The van der Waals surface area contributed by atoms with Gasteiger partial charge in [-0.3, -0.25) is 4.79 Å². The molecule has 0 aromatic heterocycles. The molecular formula is C15H12F2O3. The van der Waals surface area contributed by atoms with Crippen LogP contribution in [0.2, 0.25) is 0 Å². The van der Waals surface area contributed by atoms with Crippen LogP contribution in [0.5, 0.6) is 11.5 Å². The number of methoxy groups -OCH3 is 2. The molecule has 0 aliphatic rings. The predicted octanol–water partition coefficient (Wildman–Crippen LogP) is 3.21. The van der Waals surface area contributed by atoms with E-state index in [1.807, 2.05) is 0 Å². The first-order valence-electron chi connectivity index (χ1n) is 5.78. The average molecular weight is 278 g/mol. The lowest BCUT2D eigenvalue weighted by Crippen LogP contribution is -2.06. The molecule has 0 bridgehead atoms. The number of hydrogen-bond acceptors (Lipinski definition) is 3. The van der Waals surface area contributed by atoms with Crippen molar-refractivity contribution in [2.75, 3.05) is 14.2 Å². The molecule has 0 spiro atoms. The van der Waals surface area contributed by atoms with Gasteiger partial charge in [0.2, 0.25) is 0 Å². The van der Waals surface area contributed by atoms with Crippen molar-refractivity contribution in [2.45, 2.75) is 0 Å². The molecule has 0 saturated heterocycles. The van der Waals surface area contributed by atoms with Crippen LogP contribution in [0.3, 0.4) is 0 Å². The fourth-order valence-corrected chi connectivity index (χ4v) is 1.91. The van der Waals surface area contributed by atoms with Crippen LogP contribution in [0.25, 0.3) is 0 Å². The molecule has 0 heterocycles. The largest absolute Gasteiger partial charge is 0.493 e. The fourth-order valence-electron chi connectivity index (χ4n) is 1.91. The maximum absolute atomic E-state index is 13.2. The maximum atomic E-state index is 13.2. The minimum Gasteiger partial charge on any atom is -0.493 e. The number of ketones is 1. The molecule has 0 aliphatic carbocycles. The van der Waals surface area contributed by atoms with Gasteiger partial charge >= 0.3 is 0 Å². The molecule has 3 nitrogen and oxygen atoms in total. The molecular weight excluding hydrogens is 266 g/mol. The second-order valence-corrected chi connectivity index (χ2v) is 4.03. The predicted molar refractivity (Wildman–Crippen MR) is 69.3 cm³/mol. The lowest BCUT2D eigenvalue weighted by atomic mass is 10.0. The third-order valence-electron chi connectivity index (χ3n) is 2.77. The molecule has 2 aromatic carbocycles. The Kier molecular flexibility index (Phi) is 3.98. The molecule has 0 amide bonds. The minimum atomic E-state index is -0.810. The zero-order valence-electron chi connectivity index (χ0n) is 10.9. The highest BCUT2D eigenvalue weighted by molar-refractivity contribution is 6.11. The Morgan fingerprint density at radius 2 is 1.65 bits per heavy atom. The summed E-state index contributed by atoms with van der Waals surface area (Å²) in [5, 5.41) is 0. The Bertz CT molecular complexity index is 633. The van der Waals surface area contributed by atoms with Crippen molar-refractivity contribution in [1.82, 2.24) is 0 Å². The average Bonchev–Trinajstić information content (AvgIpc) is 2.44.